The Kier molecular flexibility index (Phi) is 6.88. The average Bonchev–Trinajstić information content (AvgIpc) is 3.31. The quantitative estimate of drug-likeness (QED) is 0.134. The molecule has 0 bridgehead atoms. The first-order valence-corrected chi connectivity index (χ1v) is 13.8. The minimum absolute atomic E-state index is 0. The molecule has 3 heterocycles. The number of para-hydroxylation sites is 3. The maximum atomic E-state index is 6.40. The number of aromatic nitrogens is 2. The summed E-state index contributed by atoms with van der Waals surface area (Å²) < 4.78 is 10.6. The summed E-state index contributed by atoms with van der Waals surface area (Å²) in [4.78, 5) is 6.66. The van der Waals surface area contributed by atoms with Crippen LogP contribution < -0.4 is 9.64 Å². The molecular weight excluding hydrogens is 712 g/mol. The van der Waals surface area contributed by atoms with E-state index in [-0.39, 0.29) is 21.1 Å². The van der Waals surface area contributed by atoms with E-state index < -0.39 is 0 Å². The second kappa shape index (κ2) is 11.0. The van der Waals surface area contributed by atoms with Crippen molar-refractivity contribution < 1.29 is 30.4 Å². The molecule has 5 nitrogen and oxygen atoms in total. The molecule has 210 valence electrons. The van der Waals surface area contributed by atoms with Crippen LogP contribution in [0.3, 0.4) is 0 Å². The largest absolute Gasteiger partial charge is 0.510 e. The van der Waals surface area contributed by atoms with Gasteiger partial charge >= 0.3 is 0 Å². The first-order valence-electron chi connectivity index (χ1n) is 13.8. The van der Waals surface area contributed by atoms with Gasteiger partial charge in [0, 0.05) is 44.3 Å². The fourth-order valence-corrected chi connectivity index (χ4v) is 5.73. The summed E-state index contributed by atoms with van der Waals surface area (Å²) in [6.45, 7) is 0. The minimum atomic E-state index is 0. The van der Waals surface area contributed by atoms with Crippen LogP contribution in [0.5, 0.6) is 11.5 Å². The minimum Gasteiger partial charge on any atom is -0.510 e. The first kappa shape index (κ1) is 26.9. The van der Waals surface area contributed by atoms with E-state index in [1.807, 2.05) is 77.3 Å². The summed E-state index contributed by atoms with van der Waals surface area (Å²) in [6, 6.07) is 48.0. The van der Waals surface area contributed by atoms with Gasteiger partial charge in [-0.05, 0) is 34.7 Å². The van der Waals surface area contributed by atoms with Gasteiger partial charge in [0.1, 0.15) is 5.82 Å². The number of hydrogen-bond acceptors (Lipinski definition) is 3. The molecule has 43 heavy (non-hydrogen) atoms. The molecule has 0 saturated heterocycles. The molecule has 0 atom stereocenters. The molecular formula is C37H24N4OPt-2. The standard InChI is InChI=1S/C37H24N4O.Pt/c1-39-25-40(34-17-6-3-14-30(34)29-13-2-5-16-33(29)39)26-11-10-12-27(23-26)42-28-20-21-32-31-15-4-7-18-35(31)41(36(32)24-28)37-19-8-9-22-38-37;/h2-22H,1H3;/q-2;. The van der Waals surface area contributed by atoms with E-state index >= 15 is 0 Å². The van der Waals surface area contributed by atoms with Gasteiger partial charge in [0.2, 0.25) is 6.34 Å². The Morgan fingerprint density at radius 3 is 2.33 bits per heavy atom. The van der Waals surface area contributed by atoms with Crippen LogP contribution in [0, 0.1) is 12.1 Å². The molecule has 0 fully saturated rings. The molecule has 0 radical (unpaired) electrons. The van der Waals surface area contributed by atoms with E-state index in [1.54, 1.807) is 0 Å². The molecule has 0 saturated carbocycles. The van der Waals surface area contributed by atoms with Gasteiger partial charge in [0.25, 0.3) is 0 Å². The van der Waals surface area contributed by atoms with Crippen LogP contribution in [-0.4, -0.2) is 27.5 Å². The predicted octanol–water partition coefficient (Wildman–Crippen LogP) is 8.57. The number of rotatable bonds is 4. The van der Waals surface area contributed by atoms with Gasteiger partial charge in [0.15, 0.2) is 0 Å². The van der Waals surface area contributed by atoms with Gasteiger partial charge in [-0.15, -0.1) is 29.7 Å². The number of anilines is 2. The molecule has 2 aromatic heterocycles. The first-order chi connectivity index (χ1) is 20.7. The third-order valence-corrected chi connectivity index (χ3v) is 7.60. The third kappa shape index (κ3) is 4.63. The van der Waals surface area contributed by atoms with Gasteiger partial charge in [-0.25, -0.2) is 4.98 Å². The van der Waals surface area contributed by atoms with E-state index in [2.05, 4.69) is 94.8 Å². The Labute approximate surface area is 264 Å². The van der Waals surface area contributed by atoms with Crippen molar-refractivity contribution in [1.82, 2.24) is 9.55 Å². The Hall–Kier alpha value is -4.99. The van der Waals surface area contributed by atoms with E-state index in [9.17, 15) is 0 Å². The smallest absolute Gasteiger partial charge is 0.243 e. The number of pyridine rings is 1. The van der Waals surface area contributed by atoms with Crippen LogP contribution in [0.1, 0.15) is 0 Å². The average molecular weight is 736 g/mol. The van der Waals surface area contributed by atoms with Gasteiger partial charge in [-0.3, -0.25) is 0 Å². The van der Waals surface area contributed by atoms with Crippen LogP contribution in [0.25, 0.3) is 38.8 Å². The zero-order valence-corrected chi connectivity index (χ0v) is 25.4. The van der Waals surface area contributed by atoms with Crippen LogP contribution in [0.2, 0.25) is 0 Å². The number of hydrogen-bond donors (Lipinski definition) is 0. The van der Waals surface area contributed by atoms with Crippen molar-refractivity contribution in [2.45, 2.75) is 0 Å². The zero-order chi connectivity index (χ0) is 28.0. The molecule has 5 aromatic carbocycles. The second-order valence-corrected chi connectivity index (χ2v) is 10.2. The fraction of sp³-hybridized carbons (Fsp3) is 0.0270. The van der Waals surface area contributed by atoms with Crippen molar-refractivity contribution in [2.75, 3.05) is 11.9 Å². The number of fused-ring (bicyclic) bond motifs is 6. The predicted molar refractivity (Wildman–Crippen MR) is 168 cm³/mol. The van der Waals surface area contributed by atoms with Crippen molar-refractivity contribution in [1.29, 1.82) is 0 Å². The fourth-order valence-electron chi connectivity index (χ4n) is 5.73. The maximum absolute atomic E-state index is 6.40. The van der Waals surface area contributed by atoms with Crippen LogP contribution in [-0.2, 0) is 21.1 Å². The number of nitrogens with zero attached hydrogens (tertiary/aromatic N) is 4. The summed E-state index contributed by atoms with van der Waals surface area (Å²) in [6.07, 6.45) is 5.33. The molecule has 0 aliphatic carbocycles. The molecule has 8 rings (SSSR count). The summed E-state index contributed by atoms with van der Waals surface area (Å²) >= 11 is 0. The SMILES string of the molecule is C[N+]1=[C-]N(c2[c-]c(Oc3[c-]c4c(cc3)c3ccccc3n4-c3ccccn3)ccc2)c2ccccc2-c2ccccc21.[Pt]. The van der Waals surface area contributed by atoms with Gasteiger partial charge in [-0.2, -0.15) is 18.2 Å². The van der Waals surface area contributed by atoms with Gasteiger partial charge < -0.3 is 18.8 Å². The van der Waals surface area contributed by atoms with Crippen LogP contribution in [0.15, 0.2) is 128 Å². The Balaban J connectivity index is 0.00000300. The Bertz CT molecular complexity index is 2150. The summed E-state index contributed by atoms with van der Waals surface area (Å²) in [5, 5.41) is 2.24. The van der Waals surface area contributed by atoms with Crippen molar-refractivity contribution in [3.8, 4) is 28.4 Å². The third-order valence-electron chi connectivity index (χ3n) is 7.60. The summed E-state index contributed by atoms with van der Waals surface area (Å²) in [5.41, 5.74) is 7.20. The summed E-state index contributed by atoms with van der Waals surface area (Å²) in [5.74, 6) is 2.03. The molecule has 0 spiro atoms. The maximum Gasteiger partial charge on any atom is 0.243 e. The van der Waals surface area contributed by atoms with Crippen molar-refractivity contribution in [3.63, 3.8) is 0 Å². The molecule has 1 aliphatic rings. The molecule has 0 amide bonds. The van der Waals surface area contributed by atoms with Gasteiger partial charge in [0.05, 0.1) is 18.4 Å². The molecule has 0 N–H and O–H groups in total. The van der Waals surface area contributed by atoms with Crippen molar-refractivity contribution in [2.24, 2.45) is 0 Å². The summed E-state index contributed by atoms with van der Waals surface area (Å²) in [7, 11) is 2.02. The second-order valence-electron chi connectivity index (χ2n) is 10.2. The van der Waals surface area contributed by atoms with Gasteiger partial charge in [-0.1, -0.05) is 84.0 Å². The van der Waals surface area contributed by atoms with E-state index in [1.165, 1.54) is 0 Å². The zero-order valence-electron chi connectivity index (χ0n) is 23.1. The van der Waals surface area contributed by atoms with E-state index in [0.717, 1.165) is 55.8 Å². The van der Waals surface area contributed by atoms with Crippen LogP contribution in [0.4, 0.5) is 17.1 Å². The van der Waals surface area contributed by atoms with Crippen molar-refractivity contribution in [3.05, 3.63) is 140 Å². The van der Waals surface area contributed by atoms with E-state index in [4.69, 9.17) is 4.74 Å². The van der Waals surface area contributed by atoms with Crippen molar-refractivity contribution >= 4 is 45.2 Å². The number of benzene rings is 5. The number of ether oxygens (including phenoxy) is 1. The van der Waals surface area contributed by atoms with E-state index in [0.29, 0.717) is 11.5 Å². The molecule has 0 unspecified atom stereocenters. The topological polar surface area (TPSA) is 33.3 Å². The molecule has 1 aliphatic heterocycles. The normalized spacial score (nSPS) is 12.2. The van der Waals surface area contributed by atoms with Crippen LogP contribution >= 0.6 is 0 Å². The molecule has 7 aromatic rings. The Morgan fingerprint density at radius 1 is 0.674 bits per heavy atom. The molecule has 6 heteroatoms. The Morgan fingerprint density at radius 2 is 1.44 bits per heavy atom. The monoisotopic (exact) mass is 735 g/mol.